The molecule has 5 nitrogen and oxygen atoms in total. The first-order valence-corrected chi connectivity index (χ1v) is 7.28. The van der Waals surface area contributed by atoms with Crippen LogP contribution in [0.1, 0.15) is 0 Å². The molecule has 1 heterocycles. The lowest BCUT2D eigenvalue weighted by atomic mass is 10.0. The second-order valence-corrected chi connectivity index (χ2v) is 5.35. The molecule has 0 bridgehead atoms. The fourth-order valence-corrected chi connectivity index (χ4v) is 2.78. The number of benzene rings is 3. The topological polar surface area (TPSA) is 93.1 Å². The molecule has 5 N–H and O–H groups in total. The average Bonchev–Trinajstić information content (AvgIpc) is 2.96. The third-order valence-corrected chi connectivity index (χ3v) is 3.77. The van der Waals surface area contributed by atoms with Gasteiger partial charge >= 0.3 is 0 Å². The average molecular weight is 301 g/mol. The van der Waals surface area contributed by atoms with Crippen molar-refractivity contribution in [2.75, 3.05) is 0 Å². The molecule has 3 aromatic carbocycles. The van der Waals surface area contributed by atoms with E-state index in [-0.39, 0.29) is 5.96 Å². The van der Waals surface area contributed by atoms with Crippen molar-refractivity contribution < 1.29 is 0 Å². The zero-order valence-corrected chi connectivity index (χ0v) is 12.3. The van der Waals surface area contributed by atoms with Crippen LogP contribution in [0.25, 0.3) is 33.2 Å². The van der Waals surface area contributed by atoms with Gasteiger partial charge in [0, 0.05) is 5.56 Å². The summed E-state index contributed by atoms with van der Waals surface area (Å²) in [5.41, 5.74) is 14.4. The van der Waals surface area contributed by atoms with Gasteiger partial charge in [0.2, 0.25) is 0 Å². The number of rotatable bonds is 2. The van der Waals surface area contributed by atoms with Crippen LogP contribution in [0.5, 0.6) is 0 Å². The minimum Gasteiger partial charge on any atom is -0.370 e. The lowest BCUT2D eigenvalue weighted by molar-refractivity contribution is 1.35. The van der Waals surface area contributed by atoms with E-state index in [1.165, 1.54) is 10.8 Å². The highest BCUT2D eigenvalue weighted by Gasteiger charge is 2.09. The first-order chi connectivity index (χ1) is 11.2. The minimum atomic E-state index is 0.0399. The molecule has 0 saturated carbocycles. The summed E-state index contributed by atoms with van der Waals surface area (Å²) in [5.74, 6) is 0.872. The molecule has 112 valence electrons. The molecule has 0 amide bonds. The standard InChI is InChI=1S/C18H15N5/c19-18(20)21-12-8-9-15-16(10-12)23-17(22-15)14-7-3-5-11-4-1-2-6-13(11)14/h1-10H,(H,22,23)(H4,19,20,21). The summed E-state index contributed by atoms with van der Waals surface area (Å²) in [6.45, 7) is 0. The number of aromatic nitrogens is 2. The fraction of sp³-hybridized carbons (Fsp3) is 0. The van der Waals surface area contributed by atoms with Crippen molar-refractivity contribution in [1.29, 1.82) is 0 Å². The van der Waals surface area contributed by atoms with E-state index in [2.05, 4.69) is 39.2 Å². The van der Waals surface area contributed by atoms with E-state index in [4.69, 9.17) is 11.5 Å². The zero-order valence-electron chi connectivity index (χ0n) is 12.3. The number of nitrogens with zero attached hydrogens (tertiary/aromatic N) is 2. The molecule has 0 fully saturated rings. The molecular weight excluding hydrogens is 286 g/mol. The van der Waals surface area contributed by atoms with E-state index < -0.39 is 0 Å². The highest BCUT2D eigenvalue weighted by atomic mass is 15.0. The molecule has 0 unspecified atom stereocenters. The number of aliphatic imine (C=N–C) groups is 1. The van der Waals surface area contributed by atoms with Gasteiger partial charge in [0.05, 0.1) is 16.7 Å². The van der Waals surface area contributed by atoms with E-state index in [0.29, 0.717) is 5.69 Å². The highest BCUT2D eigenvalue weighted by molar-refractivity contribution is 5.96. The molecule has 0 saturated heterocycles. The van der Waals surface area contributed by atoms with Gasteiger partial charge in [-0.3, -0.25) is 0 Å². The monoisotopic (exact) mass is 301 g/mol. The molecule has 4 rings (SSSR count). The number of nitrogens with two attached hydrogens (primary N) is 2. The third kappa shape index (κ3) is 2.38. The molecule has 0 aliphatic heterocycles. The number of guanidine groups is 1. The Hall–Kier alpha value is -3.34. The van der Waals surface area contributed by atoms with Crippen molar-refractivity contribution in [3.63, 3.8) is 0 Å². The van der Waals surface area contributed by atoms with Crippen LogP contribution < -0.4 is 11.5 Å². The Labute approximate surface area is 132 Å². The van der Waals surface area contributed by atoms with Gasteiger partial charge in [-0.2, -0.15) is 0 Å². The maximum atomic E-state index is 5.43. The first kappa shape index (κ1) is 13.3. The molecule has 5 heteroatoms. The van der Waals surface area contributed by atoms with Crippen LogP contribution in [0.2, 0.25) is 0 Å². The molecule has 0 aliphatic rings. The van der Waals surface area contributed by atoms with Crippen LogP contribution >= 0.6 is 0 Å². The van der Waals surface area contributed by atoms with Crippen LogP contribution in [0.3, 0.4) is 0 Å². The van der Waals surface area contributed by atoms with E-state index in [1.807, 2.05) is 36.4 Å². The summed E-state index contributed by atoms with van der Waals surface area (Å²) in [5, 5.41) is 2.35. The third-order valence-electron chi connectivity index (χ3n) is 3.77. The van der Waals surface area contributed by atoms with Crippen LogP contribution in [-0.4, -0.2) is 15.9 Å². The Kier molecular flexibility index (Phi) is 2.98. The molecule has 0 radical (unpaired) electrons. The van der Waals surface area contributed by atoms with Gasteiger partial charge in [-0.1, -0.05) is 42.5 Å². The summed E-state index contributed by atoms with van der Waals surface area (Å²) < 4.78 is 0. The summed E-state index contributed by atoms with van der Waals surface area (Å²) in [4.78, 5) is 12.1. The SMILES string of the molecule is NC(N)=Nc1ccc2nc(-c3cccc4ccccc34)[nH]c2c1. The van der Waals surface area contributed by atoms with Crippen molar-refractivity contribution in [3.8, 4) is 11.4 Å². The fourth-order valence-electron chi connectivity index (χ4n) is 2.78. The summed E-state index contributed by atoms with van der Waals surface area (Å²) in [6.07, 6.45) is 0. The molecular formula is C18H15N5. The quantitative estimate of drug-likeness (QED) is 0.392. The first-order valence-electron chi connectivity index (χ1n) is 7.28. The number of hydrogen-bond donors (Lipinski definition) is 3. The summed E-state index contributed by atoms with van der Waals surface area (Å²) in [7, 11) is 0. The Morgan fingerprint density at radius 2 is 1.78 bits per heavy atom. The van der Waals surface area contributed by atoms with Gasteiger partial charge in [-0.25, -0.2) is 9.98 Å². The lowest BCUT2D eigenvalue weighted by Crippen LogP contribution is -2.21. The molecule has 0 spiro atoms. The van der Waals surface area contributed by atoms with E-state index >= 15 is 0 Å². The van der Waals surface area contributed by atoms with Gasteiger partial charge in [0.15, 0.2) is 5.96 Å². The molecule has 4 aromatic rings. The second kappa shape index (κ2) is 5.14. The molecule has 0 atom stereocenters. The maximum Gasteiger partial charge on any atom is 0.191 e. The van der Waals surface area contributed by atoms with Gasteiger partial charge in [-0.15, -0.1) is 0 Å². The van der Waals surface area contributed by atoms with Crippen molar-refractivity contribution >= 4 is 33.5 Å². The van der Waals surface area contributed by atoms with Crippen molar-refractivity contribution in [2.24, 2.45) is 16.5 Å². The van der Waals surface area contributed by atoms with E-state index in [9.17, 15) is 0 Å². The highest BCUT2D eigenvalue weighted by Crippen LogP contribution is 2.29. The van der Waals surface area contributed by atoms with Crippen molar-refractivity contribution in [3.05, 3.63) is 60.7 Å². The minimum absolute atomic E-state index is 0.0399. The molecule has 0 aliphatic carbocycles. The number of fused-ring (bicyclic) bond motifs is 2. The van der Waals surface area contributed by atoms with Crippen LogP contribution in [0, 0.1) is 0 Å². The summed E-state index contributed by atoms with van der Waals surface area (Å²) in [6, 6.07) is 20.1. The predicted molar refractivity (Wildman–Crippen MR) is 94.5 cm³/mol. The number of H-pyrrole nitrogens is 1. The Morgan fingerprint density at radius 3 is 2.65 bits per heavy atom. The Morgan fingerprint density at radius 1 is 0.957 bits per heavy atom. The van der Waals surface area contributed by atoms with Gasteiger partial charge in [-0.05, 0) is 29.0 Å². The zero-order chi connectivity index (χ0) is 15.8. The van der Waals surface area contributed by atoms with Crippen molar-refractivity contribution in [1.82, 2.24) is 9.97 Å². The largest absolute Gasteiger partial charge is 0.370 e. The van der Waals surface area contributed by atoms with E-state index in [0.717, 1.165) is 22.4 Å². The predicted octanol–water partition coefficient (Wildman–Crippen LogP) is 3.29. The molecule has 23 heavy (non-hydrogen) atoms. The summed E-state index contributed by atoms with van der Waals surface area (Å²) >= 11 is 0. The van der Waals surface area contributed by atoms with Crippen LogP contribution in [-0.2, 0) is 0 Å². The number of imidazole rings is 1. The van der Waals surface area contributed by atoms with E-state index in [1.54, 1.807) is 0 Å². The maximum absolute atomic E-state index is 5.43. The van der Waals surface area contributed by atoms with Crippen LogP contribution in [0.15, 0.2) is 65.7 Å². The normalized spacial score (nSPS) is 11.0. The van der Waals surface area contributed by atoms with Gasteiger partial charge < -0.3 is 16.5 Å². The van der Waals surface area contributed by atoms with Crippen molar-refractivity contribution in [2.45, 2.75) is 0 Å². The Bertz CT molecular complexity index is 1040. The number of hydrogen-bond acceptors (Lipinski definition) is 2. The lowest BCUT2D eigenvalue weighted by Gasteiger charge is -2.03. The van der Waals surface area contributed by atoms with Gasteiger partial charge in [0.25, 0.3) is 0 Å². The van der Waals surface area contributed by atoms with Gasteiger partial charge in [0.1, 0.15) is 5.82 Å². The molecule has 1 aromatic heterocycles. The Balaban J connectivity index is 1.90. The smallest absolute Gasteiger partial charge is 0.191 e. The number of aromatic amines is 1. The van der Waals surface area contributed by atoms with Crippen LogP contribution in [0.4, 0.5) is 5.69 Å². The number of nitrogens with one attached hydrogen (secondary N) is 1. The second-order valence-electron chi connectivity index (χ2n) is 5.35.